The van der Waals surface area contributed by atoms with E-state index in [4.69, 9.17) is 4.42 Å². The lowest BCUT2D eigenvalue weighted by Crippen LogP contribution is -2.45. The summed E-state index contributed by atoms with van der Waals surface area (Å²) in [6.07, 6.45) is 1.46. The minimum absolute atomic E-state index is 0.0919. The van der Waals surface area contributed by atoms with E-state index in [0.717, 1.165) is 10.2 Å². The van der Waals surface area contributed by atoms with Crippen molar-refractivity contribution in [2.45, 2.75) is 6.42 Å². The van der Waals surface area contributed by atoms with Crippen molar-refractivity contribution in [3.63, 3.8) is 0 Å². The van der Waals surface area contributed by atoms with Crippen molar-refractivity contribution in [1.29, 1.82) is 0 Å². The Morgan fingerprint density at radius 1 is 1.17 bits per heavy atom. The van der Waals surface area contributed by atoms with Crippen LogP contribution in [0.3, 0.4) is 0 Å². The van der Waals surface area contributed by atoms with Gasteiger partial charge in [0, 0.05) is 23.1 Å². The molecule has 2 heterocycles. The first-order valence-electron chi connectivity index (χ1n) is 7.24. The number of halogens is 1. The smallest absolute Gasteiger partial charge is 0.305 e. The van der Waals surface area contributed by atoms with Crippen LogP contribution in [0.15, 0.2) is 51.6 Å². The van der Waals surface area contributed by atoms with Crippen molar-refractivity contribution >= 4 is 39.3 Å². The molecule has 1 aromatic carbocycles. The molecule has 2 aromatic rings. The SMILES string of the molecule is O=C(NNC(=O)[C@H]1CC(=O)N(c2ccc(Br)cc2)C1)c1ccco1. The van der Waals surface area contributed by atoms with E-state index in [0.29, 0.717) is 0 Å². The fourth-order valence-corrected chi connectivity index (χ4v) is 2.71. The van der Waals surface area contributed by atoms with E-state index in [1.54, 1.807) is 23.1 Å². The molecule has 1 aliphatic heterocycles. The highest BCUT2D eigenvalue weighted by Crippen LogP contribution is 2.26. The van der Waals surface area contributed by atoms with Gasteiger partial charge in [0.2, 0.25) is 11.8 Å². The van der Waals surface area contributed by atoms with Crippen LogP contribution in [-0.4, -0.2) is 24.3 Å². The first-order valence-corrected chi connectivity index (χ1v) is 8.03. The van der Waals surface area contributed by atoms with Crippen molar-refractivity contribution < 1.29 is 18.8 Å². The van der Waals surface area contributed by atoms with Crippen molar-refractivity contribution in [2.24, 2.45) is 5.92 Å². The molecule has 2 N–H and O–H groups in total. The highest BCUT2D eigenvalue weighted by atomic mass is 79.9. The van der Waals surface area contributed by atoms with Gasteiger partial charge in [-0.1, -0.05) is 15.9 Å². The first kappa shape index (κ1) is 16.3. The van der Waals surface area contributed by atoms with Gasteiger partial charge in [-0.2, -0.15) is 0 Å². The summed E-state index contributed by atoms with van der Waals surface area (Å²) in [5.41, 5.74) is 5.33. The van der Waals surface area contributed by atoms with Crippen molar-refractivity contribution in [1.82, 2.24) is 10.9 Å². The highest BCUT2D eigenvalue weighted by molar-refractivity contribution is 9.10. The van der Waals surface area contributed by atoms with Gasteiger partial charge >= 0.3 is 5.91 Å². The number of furan rings is 1. The van der Waals surface area contributed by atoms with Crippen LogP contribution in [0.25, 0.3) is 0 Å². The summed E-state index contributed by atoms with van der Waals surface area (Å²) in [5, 5.41) is 0. The normalized spacial score (nSPS) is 17.0. The van der Waals surface area contributed by atoms with Crippen LogP contribution in [0.2, 0.25) is 0 Å². The molecule has 0 bridgehead atoms. The maximum atomic E-state index is 12.2. The van der Waals surface area contributed by atoms with E-state index in [9.17, 15) is 14.4 Å². The molecule has 1 atom stereocenters. The van der Waals surface area contributed by atoms with Gasteiger partial charge in [0.25, 0.3) is 0 Å². The van der Waals surface area contributed by atoms with E-state index in [2.05, 4.69) is 26.8 Å². The summed E-state index contributed by atoms with van der Waals surface area (Å²) in [6.45, 7) is 0.267. The minimum Gasteiger partial charge on any atom is -0.459 e. The van der Waals surface area contributed by atoms with Crippen LogP contribution in [0, 0.1) is 5.92 Å². The van der Waals surface area contributed by atoms with Crippen LogP contribution in [0.4, 0.5) is 5.69 Å². The lowest BCUT2D eigenvalue weighted by Gasteiger charge is -2.16. The van der Waals surface area contributed by atoms with E-state index >= 15 is 0 Å². The zero-order chi connectivity index (χ0) is 17.1. The third-order valence-electron chi connectivity index (χ3n) is 3.68. The molecule has 0 aliphatic carbocycles. The van der Waals surface area contributed by atoms with Crippen molar-refractivity contribution in [3.8, 4) is 0 Å². The van der Waals surface area contributed by atoms with Crippen LogP contribution < -0.4 is 15.8 Å². The molecule has 0 spiro atoms. The lowest BCUT2D eigenvalue weighted by molar-refractivity contribution is -0.126. The summed E-state index contributed by atoms with van der Waals surface area (Å²) in [5.74, 6) is -1.53. The number of amides is 3. The average Bonchev–Trinajstić information content (AvgIpc) is 3.23. The monoisotopic (exact) mass is 391 g/mol. The standard InChI is InChI=1S/C16H14BrN3O4/c17-11-3-5-12(6-4-11)20-9-10(8-14(20)21)15(22)18-19-16(23)13-2-1-7-24-13/h1-7,10H,8-9H2,(H,18,22)(H,19,23)/t10-/m0/s1. The van der Waals surface area contributed by atoms with Gasteiger partial charge in [0.15, 0.2) is 5.76 Å². The molecule has 124 valence electrons. The highest BCUT2D eigenvalue weighted by Gasteiger charge is 2.35. The Kier molecular flexibility index (Phi) is 4.66. The zero-order valence-corrected chi connectivity index (χ0v) is 14.1. The Balaban J connectivity index is 1.58. The number of benzene rings is 1. The number of nitrogens with zero attached hydrogens (tertiary/aromatic N) is 1. The van der Waals surface area contributed by atoms with Gasteiger partial charge in [0.1, 0.15) is 0 Å². The van der Waals surface area contributed by atoms with Crippen molar-refractivity contribution in [3.05, 3.63) is 52.9 Å². The summed E-state index contributed by atoms with van der Waals surface area (Å²) in [4.78, 5) is 37.6. The Bertz CT molecular complexity index is 758. The molecular weight excluding hydrogens is 378 g/mol. The maximum absolute atomic E-state index is 12.2. The predicted molar refractivity (Wildman–Crippen MR) is 88.9 cm³/mol. The number of hydrazine groups is 1. The number of anilines is 1. The zero-order valence-electron chi connectivity index (χ0n) is 12.5. The van der Waals surface area contributed by atoms with Gasteiger partial charge in [-0.3, -0.25) is 25.2 Å². The maximum Gasteiger partial charge on any atom is 0.305 e. The van der Waals surface area contributed by atoms with Gasteiger partial charge in [-0.15, -0.1) is 0 Å². The van der Waals surface area contributed by atoms with Crippen LogP contribution in [0.5, 0.6) is 0 Å². The molecule has 0 saturated carbocycles. The van der Waals surface area contributed by atoms with E-state index in [-0.39, 0.29) is 24.6 Å². The van der Waals surface area contributed by atoms with Crippen LogP contribution in [0.1, 0.15) is 17.0 Å². The van der Waals surface area contributed by atoms with Crippen molar-refractivity contribution in [2.75, 3.05) is 11.4 Å². The topological polar surface area (TPSA) is 91.7 Å². The summed E-state index contributed by atoms with van der Waals surface area (Å²) >= 11 is 3.34. The number of nitrogens with one attached hydrogen (secondary N) is 2. The lowest BCUT2D eigenvalue weighted by atomic mass is 10.1. The van der Waals surface area contributed by atoms with Gasteiger partial charge in [-0.25, -0.2) is 0 Å². The number of hydrogen-bond acceptors (Lipinski definition) is 4. The van der Waals surface area contributed by atoms with Gasteiger partial charge in [-0.05, 0) is 36.4 Å². The number of rotatable bonds is 3. The third-order valence-corrected chi connectivity index (χ3v) is 4.21. The molecule has 0 unspecified atom stereocenters. The largest absolute Gasteiger partial charge is 0.459 e. The fourth-order valence-electron chi connectivity index (χ4n) is 2.44. The number of hydrogen-bond donors (Lipinski definition) is 2. The molecule has 8 heteroatoms. The molecule has 3 rings (SSSR count). The molecule has 1 aliphatic rings. The number of carbonyl (C=O) groups is 3. The van der Waals surface area contributed by atoms with Crippen LogP contribution in [-0.2, 0) is 9.59 Å². The van der Waals surface area contributed by atoms with E-state index < -0.39 is 17.7 Å². The molecule has 7 nitrogen and oxygen atoms in total. The molecule has 0 radical (unpaired) electrons. The van der Waals surface area contributed by atoms with Crippen LogP contribution >= 0.6 is 15.9 Å². The summed E-state index contributed by atoms with van der Waals surface area (Å²) in [6, 6.07) is 10.3. The summed E-state index contributed by atoms with van der Waals surface area (Å²) < 4.78 is 5.84. The van der Waals surface area contributed by atoms with E-state index in [1.807, 2.05) is 12.1 Å². The fraction of sp³-hybridized carbons (Fsp3) is 0.188. The van der Waals surface area contributed by atoms with Gasteiger partial charge in [0.05, 0.1) is 12.2 Å². The molecule has 1 fully saturated rings. The Labute approximate surface area is 146 Å². The molecular formula is C16H14BrN3O4. The second-order valence-corrected chi connectivity index (χ2v) is 6.22. The first-order chi connectivity index (χ1) is 11.5. The molecule has 1 aromatic heterocycles. The molecule has 24 heavy (non-hydrogen) atoms. The second-order valence-electron chi connectivity index (χ2n) is 5.30. The van der Waals surface area contributed by atoms with Gasteiger partial charge < -0.3 is 9.32 Å². The average molecular weight is 392 g/mol. The summed E-state index contributed by atoms with van der Waals surface area (Å²) in [7, 11) is 0. The molecule has 1 saturated heterocycles. The quantitative estimate of drug-likeness (QED) is 0.781. The third kappa shape index (κ3) is 3.48. The molecule has 3 amide bonds. The Hall–Kier alpha value is -2.61. The predicted octanol–water partition coefficient (Wildman–Crippen LogP) is 1.86. The Morgan fingerprint density at radius 2 is 1.92 bits per heavy atom. The number of carbonyl (C=O) groups excluding carboxylic acids is 3. The second kappa shape index (κ2) is 6.88. The van der Waals surface area contributed by atoms with E-state index in [1.165, 1.54) is 12.3 Å². The minimum atomic E-state index is -0.553. The Morgan fingerprint density at radius 3 is 2.58 bits per heavy atom.